The first-order chi connectivity index (χ1) is 19.8. The smallest absolute Gasteiger partial charge is 0.214 e. The Labute approximate surface area is 246 Å². The SMILES string of the molecule is CCN(Cc1nc(-c2ccc3ncnc(Nc4ccc(OCc5cccc(F)c5)c(Cl)c4)c3c2)cs1)S(=O)(=O)CC. The van der Waals surface area contributed by atoms with Gasteiger partial charge in [-0.15, -0.1) is 11.3 Å². The Morgan fingerprint density at radius 3 is 2.68 bits per heavy atom. The van der Waals surface area contributed by atoms with Gasteiger partial charge in [0.25, 0.3) is 0 Å². The van der Waals surface area contributed by atoms with Crippen molar-refractivity contribution in [2.45, 2.75) is 27.0 Å². The van der Waals surface area contributed by atoms with Crippen LogP contribution in [0.25, 0.3) is 22.2 Å². The number of aromatic nitrogens is 3. The number of anilines is 2. The zero-order valence-corrected chi connectivity index (χ0v) is 24.7. The molecule has 0 aliphatic carbocycles. The third kappa shape index (κ3) is 6.82. The second-order valence-corrected chi connectivity index (χ2v) is 12.7. The molecule has 0 bridgehead atoms. The molecule has 2 heterocycles. The number of rotatable bonds is 11. The number of hydrogen-bond acceptors (Lipinski definition) is 8. The van der Waals surface area contributed by atoms with Gasteiger partial charge in [0.2, 0.25) is 10.0 Å². The van der Waals surface area contributed by atoms with Gasteiger partial charge in [0.1, 0.15) is 35.3 Å². The molecule has 0 aliphatic heterocycles. The zero-order valence-electron chi connectivity index (χ0n) is 22.3. The highest BCUT2D eigenvalue weighted by Crippen LogP contribution is 2.33. The molecule has 0 unspecified atom stereocenters. The van der Waals surface area contributed by atoms with Crippen LogP contribution in [-0.4, -0.2) is 40.0 Å². The van der Waals surface area contributed by atoms with Gasteiger partial charge in [0.05, 0.1) is 28.5 Å². The van der Waals surface area contributed by atoms with Crippen molar-refractivity contribution in [1.29, 1.82) is 0 Å². The van der Waals surface area contributed by atoms with Gasteiger partial charge in [-0.25, -0.2) is 27.8 Å². The maximum Gasteiger partial charge on any atom is 0.214 e. The molecule has 0 atom stereocenters. The van der Waals surface area contributed by atoms with Gasteiger partial charge in [-0.1, -0.05) is 36.7 Å². The molecule has 5 rings (SSSR count). The largest absolute Gasteiger partial charge is 0.487 e. The van der Waals surface area contributed by atoms with E-state index in [2.05, 4.69) is 15.3 Å². The van der Waals surface area contributed by atoms with Gasteiger partial charge in [0.15, 0.2) is 0 Å². The third-order valence-electron chi connectivity index (χ3n) is 6.38. The van der Waals surface area contributed by atoms with Crippen LogP contribution < -0.4 is 10.1 Å². The van der Waals surface area contributed by atoms with Crippen molar-refractivity contribution in [3.63, 3.8) is 0 Å². The van der Waals surface area contributed by atoms with Crippen LogP contribution in [0.1, 0.15) is 24.4 Å². The summed E-state index contributed by atoms with van der Waals surface area (Å²) in [6.45, 7) is 4.27. The number of benzene rings is 3. The van der Waals surface area contributed by atoms with E-state index in [1.54, 1.807) is 31.2 Å². The predicted molar refractivity (Wildman–Crippen MR) is 162 cm³/mol. The van der Waals surface area contributed by atoms with Crippen LogP contribution in [0, 0.1) is 5.82 Å². The molecule has 0 amide bonds. The standard InChI is InChI=1S/C29H27ClFN5O3S2/c1-3-36(41(37,38)4-2)15-28-35-26(17-40-28)20-8-10-25-23(13-20)29(33-18-32-25)34-22-9-11-27(24(30)14-22)39-16-19-6-5-7-21(31)12-19/h5-14,17-18H,3-4,15-16H2,1-2H3,(H,32,33,34). The van der Waals surface area contributed by atoms with Crippen molar-refractivity contribution in [2.24, 2.45) is 0 Å². The van der Waals surface area contributed by atoms with Crippen LogP contribution in [0.15, 0.2) is 72.4 Å². The quantitative estimate of drug-likeness (QED) is 0.171. The topological polar surface area (TPSA) is 97.3 Å². The maximum absolute atomic E-state index is 13.5. The van der Waals surface area contributed by atoms with Gasteiger partial charge in [-0.05, 0) is 55.0 Å². The van der Waals surface area contributed by atoms with Crippen molar-refractivity contribution in [3.05, 3.63) is 93.8 Å². The molecule has 0 saturated carbocycles. The molecular weight excluding hydrogens is 585 g/mol. The fourth-order valence-corrected chi connectivity index (χ4v) is 6.40. The van der Waals surface area contributed by atoms with Crippen molar-refractivity contribution in [2.75, 3.05) is 17.6 Å². The molecule has 0 saturated heterocycles. The Hall–Kier alpha value is -3.64. The second kappa shape index (κ2) is 12.5. The fourth-order valence-electron chi connectivity index (χ4n) is 4.19. The Morgan fingerprint density at radius 2 is 1.93 bits per heavy atom. The number of ether oxygens (including phenoxy) is 1. The average Bonchev–Trinajstić information content (AvgIpc) is 3.44. The summed E-state index contributed by atoms with van der Waals surface area (Å²) in [4.78, 5) is 13.5. The minimum absolute atomic E-state index is 0.0510. The van der Waals surface area contributed by atoms with E-state index < -0.39 is 10.0 Å². The Bertz CT molecular complexity index is 1800. The molecule has 12 heteroatoms. The Balaban J connectivity index is 1.35. The monoisotopic (exact) mass is 611 g/mol. The van der Waals surface area contributed by atoms with Crippen molar-refractivity contribution in [1.82, 2.24) is 19.3 Å². The summed E-state index contributed by atoms with van der Waals surface area (Å²) < 4.78 is 45.4. The molecule has 3 aromatic carbocycles. The minimum atomic E-state index is -3.31. The number of nitrogens with one attached hydrogen (secondary N) is 1. The molecule has 0 fully saturated rings. The number of halogens is 2. The lowest BCUT2D eigenvalue weighted by molar-refractivity contribution is 0.306. The first kappa shape index (κ1) is 28.9. The van der Waals surface area contributed by atoms with Crippen LogP contribution >= 0.6 is 22.9 Å². The molecular formula is C29H27ClFN5O3S2. The van der Waals surface area contributed by atoms with E-state index >= 15 is 0 Å². The summed E-state index contributed by atoms with van der Waals surface area (Å²) in [6.07, 6.45) is 1.48. The first-order valence-corrected chi connectivity index (χ1v) is 15.7. The van der Waals surface area contributed by atoms with Gasteiger partial charge in [0, 0.05) is 28.6 Å². The van der Waals surface area contributed by atoms with Crippen molar-refractivity contribution in [3.8, 4) is 17.0 Å². The highest BCUT2D eigenvalue weighted by atomic mass is 35.5. The molecule has 5 aromatic rings. The third-order valence-corrected chi connectivity index (χ3v) is 9.42. The van der Waals surface area contributed by atoms with E-state index in [0.717, 1.165) is 27.2 Å². The number of fused-ring (bicyclic) bond motifs is 1. The van der Waals surface area contributed by atoms with E-state index in [0.29, 0.717) is 34.4 Å². The predicted octanol–water partition coefficient (Wildman–Crippen LogP) is 7.04. The number of sulfonamides is 1. The Kier molecular flexibility index (Phi) is 8.79. The van der Waals surface area contributed by atoms with E-state index in [-0.39, 0.29) is 24.7 Å². The number of nitrogens with zero attached hydrogens (tertiary/aromatic N) is 4. The van der Waals surface area contributed by atoms with Crippen LogP contribution in [0.2, 0.25) is 5.02 Å². The molecule has 0 aliphatic rings. The zero-order chi connectivity index (χ0) is 29.0. The first-order valence-electron chi connectivity index (χ1n) is 12.9. The molecule has 8 nitrogen and oxygen atoms in total. The van der Waals surface area contributed by atoms with Gasteiger partial charge < -0.3 is 10.1 Å². The average molecular weight is 612 g/mol. The van der Waals surface area contributed by atoms with E-state index in [1.165, 1.54) is 34.1 Å². The number of hydrogen-bond donors (Lipinski definition) is 1. The number of thiazole rings is 1. The highest BCUT2D eigenvalue weighted by Gasteiger charge is 2.20. The summed E-state index contributed by atoms with van der Waals surface area (Å²) in [5, 5.41) is 7.12. The summed E-state index contributed by atoms with van der Waals surface area (Å²) in [5.74, 6) is 0.792. The lowest BCUT2D eigenvalue weighted by Gasteiger charge is -2.17. The van der Waals surface area contributed by atoms with Gasteiger partial charge >= 0.3 is 0 Å². The molecule has 212 valence electrons. The summed E-state index contributed by atoms with van der Waals surface area (Å²) in [7, 11) is -3.31. The maximum atomic E-state index is 13.5. The van der Waals surface area contributed by atoms with E-state index in [4.69, 9.17) is 21.3 Å². The van der Waals surface area contributed by atoms with Crippen LogP contribution in [0.4, 0.5) is 15.9 Å². The second-order valence-electron chi connectivity index (χ2n) is 9.10. The van der Waals surface area contributed by atoms with Gasteiger partial charge in [-0.2, -0.15) is 4.31 Å². The summed E-state index contributed by atoms with van der Waals surface area (Å²) in [5.41, 5.74) is 3.75. The van der Waals surface area contributed by atoms with Crippen LogP contribution in [0.3, 0.4) is 0 Å². The highest BCUT2D eigenvalue weighted by molar-refractivity contribution is 7.89. The Morgan fingerprint density at radius 1 is 1.07 bits per heavy atom. The van der Waals surface area contributed by atoms with Crippen molar-refractivity contribution < 1.29 is 17.5 Å². The molecule has 0 radical (unpaired) electrons. The van der Waals surface area contributed by atoms with Crippen molar-refractivity contribution >= 4 is 55.4 Å². The minimum Gasteiger partial charge on any atom is -0.487 e. The lowest BCUT2D eigenvalue weighted by atomic mass is 10.1. The molecule has 41 heavy (non-hydrogen) atoms. The lowest BCUT2D eigenvalue weighted by Crippen LogP contribution is -2.31. The molecule has 1 N–H and O–H groups in total. The normalized spacial score (nSPS) is 11.7. The molecule has 2 aromatic heterocycles. The van der Waals surface area contributed by atoms with Crippen LogP contribution in [0.5, 0.6) is 5.75 Å². The molecule has 0 spiro atoms. The summed E-state index contributed by atoms with van der Waals surface area (Å²) in [6, 6.07) is 17.3. The van der Waals surface area contributed by atoms with E-state index in [9.17, 15) is 12.8 Å². The summed E-state index contributed by atoms with van der Waals surface area (Å²) >= 11 is 7.91. The fraction of sp³-hybridized carbons (Fsp3) is 0.207. The van der Waals surface area contributed by atoms with Gasteiger partial charge in [-0.3, -0.25) is 0 Å². The van der Waals surface area contributed by atoms with E-state index in [1.807, 2.05) is 36.6 Å². The van der Waals surface area contributed by atoms with Crippen LogP contribution in [-0.2, 0) is 23.2 Å².